The number of benzene rings is 1. The Hall–Kier alpha value is -1.22. The molecular formula is C12H14O2S. The molecule has 0 aliphatic rings. The van der Waals surface area contributed by atoms with Gasteiger partial charge in [0.25, 0.3) is 0 Å². The molecule has 0 aromatic heterocycles. The van der Waals surface area contributed by atoms with Crippen molar-refractivity contribution < 1.29 is 9.53 Å². The summed E-state index contributed by atoms with van der Waals surface area (Å²) < 4.78 is 4.97. The summed E-state index contributed by atoms with van der Waals surface area (Å²) in [6, 6.07) is 9.65. The Morgan fingerprint density at radius 2 is 2.07 bits per heavy atom. The molecule has 0 radical (unpaired) electrons. The van der Waals surface area contributed by atoms with Gasteiger partial charge in [0.2, 0.25) is 0 Å². The van der Waals surface area contributed by atoms with Gasteiger partial charge in [-0.2, -0.15) is 0 Å². The van der Waals surface area contributed by atoms with Crippen molar-refractivity contribution in [1.82, 2.24) is 0 Å². The van der Waals surface area contributed by atoms with E-state index in [1.807, 2.05) is 37.3 Å². The Labute approximate surface area is 94.3 Å². The molecular weight excluding hydrogens is 208 g/mol. The van der Waals surface area contributed by atoms with Crippen molar-refractivity contribution in [3.05, 3.63) is 41.8 Å². The Morgan fingerprint density at radius 1 is 1.40 bits per heavy atom. The minimum atomic E-state index is -0.328. The molecule has 0 atom stereocenters. The largest absolute Gasteiger partial charge is 0.462 e. The van der Waals surface area contributed by atoms with Crippen LogP contribution in [0.25, 0.3) is 0 Å². The lowest BCUT2D eigenvalue weighted by molar-refractivity contribution is -0.138. The third-order valence-electron chi connectivity index (χ3n) is 1.65. The van der Waals surface area contributed by atoms with Gasteiger partial charge < -0.3 is 4.74 Å². The van der Waals surface area contributed by atoms with Crippen molar-refractivity contribution in [1.29, 1.82) is 0 Å². The summed E-state index contributed by atoms with van der Waals surface area (Å²) in [5.74, 6) is -0.328. The van der Waals surface area contributed by atoms with E-state index in [9.17, 15) is 4.79 Å². The smallest absolute Gasteiger partial charge is 0.344 e. The zero-order chi connectivity index (χ0) is 11.1. The van der Waals surface area contributed by atoms with E-state index in [2.05, 4.69) is 6.58 Å². The highest BCUT2D eigenvalue weighted by Crippen LogP contribution is 2.25. The molecule has 0 heterocycles. The number of ether oxygens (including phenoxy) is 1. The van der Waals surface area contributed by atoms with Crippen LogP contribution in [0.2, 0.25) is 0 Å². The molecule has 1 aromatic carbocycles. The molecule has 0 amide bonds. The van der Waals surface area contributed by atoms with E-state index in [4.69, 9.17) is 4.74 Å². The first-order valence-corrected chi connectivity index (χ1v) is 5.64. The molecule has 80 valence electrons. The van der Waals surface area contributed by atoms with Crippen LogP contribution in [0.3, 0.4) is 0 Å². The van der Waals surface area contributed by atoms with E-state index >= 15 is 0 Å². The molecule has 0 saturated carbocycles. The molecule has 1 rings (SSSR count). The van der Waals surface area contributed by atoms with Crippen LogP contribution in [0.4, 0.5) is 0 Å². The predicted octanol–water partition coefficient (Wildman–Crippen LogP) is 3.25. The maximum Gasteiger partial charge on any atom is 0.344 e. The van der Waals surface area contributed by atoms with Crippen LogP contribution in [0, 0.1) is 0 Å². The highest BCUT2D eigenvalue weighted by Gasteiger charge is 2.09. The van der Waals surface area contributed by atoms with E-state index in [0.29, 0.717) is 11.5 Å². The SMILES string of the molecule is C=C(Sc1ccccc1)C(=O)OCCC. The second-order valence-electron chi connectivity index (χ2n) is 2.97. The average Bonchev–Trinajstić information content (AvgIpc) is 2.27. The molecule has 0 aliphatic carbocycles. The predicted molar refractivity (Wildman–Crippen MR) is 62.7 cm³/mol. The van der Waals surface area contributed by atoms with Crippen molar-refractivity contribution in [3.8, 4) is 0 Å². The van der Waals surface area contributed by atoms with Crippen LogP contribution in [-0.2, 0) is 9.53 Å². The first-order valence-electron chi connectivity index (χ1n) is 4.83. The van der Waals surface area contributed by atoms with Crippen molar-refractivity contribution in [2.24, 2.45) is 0 Å². The molecule has 0 fully saturated rings. The number of carbonyl (C=O) groups excluding carboxylic acids is 1. The first kappa shape index (κ1) is 11.9. The van der Waals surface area contributed by atoms with Crippen LogP contribution in [0.5, 0.6) is 0 Å². The second-order valence-corrected chi connectivity index (χ2v) is 4.14. The molecule has 15 heavy (non-hydrogen) atoms. The monoisotopic (exact) mass is 222 g/mol. The van der Waals surface area contributed by atoms with Crippen molar-refractivity contribution in [2.75, 3.05) is 6.61 Å². The Balaban J connectivity index is 2.45. The van der Waals surface area contributed by atoms with Gasteiger partial charge in [0.15, 0.2) is 0 Å². The molecule has 0 spiro atoms. The zero-order valence-corrected chi connectivity index (χ0v) is 9.55. The van der Waals surface area contributed by atoms with Gasteiger partial charge in [-0.1, -0.05) is 43.5 Å². The summed E-state index contributed by atoms with van der Waals surface area (Å²) in [6.45, 7) is 6.10. The topological polar surface area (TPSA) is 26.3 Å². The third kappa shape index (κ3) is 4.21. The molecule has 1 aromatic rings. The fourth-order valence-electron chi connectivity index (χ4n) is 0.948. The van der Waals surface area contributed by atoms with Gasteiger partial charge in [-0.15, -0.1) is 0 Å². The van der Waals surface area contributed by atoms with E-state index in [1.165, 1.54) is 11.8 Å². The number of esters is 1. The lowest BCUT2D eigenvalue weighted by Crippen LogP contribution is -2.05. The lowest BCUT2D eigenvalue weighted by Gasteiger charge is -2.05. The zero-order valence-electron chi connectivity index (χ0n) is 8.73. The molecule has 0 N–H and O–H groups in total. The van der Waals surface area contributed by atoms with E-state index in [-0.39, 0.29) is 5.97 Å². The maximum absolute atomic E-state index is 11.4. The molecule has 0 saturated heterocycles. The Kier molecular flexibility index (Phi) is 4.98. The maximum atomic E-state index is 11.4. The van der Waals surface area contributed by atoms with E-state index in [1.54, 1.807) is 0 Å². The highest BCUT2D eigenvalue weighted by atomic mass is 32.2. The Bertz CT molecular complexity index is 333. The first-order chi connectivity index (χ1) is 7.24. The minimum Gasteiger partial charge on any atom is -0.462 e. The summed E-state index contributed by atoms with van der Waals surface area (Å²) in [5, 5.41) is 0. The van der Waals surface area contributed by atoms with Crippen molar-refractivity contribution >= 4 is 17.7 Å². The molecule has 0 bridgehead atoms. The molecule has 0 unspecified atom stereocenters. The molecule has 2 nitrogen and oxygen atoms in total. The van der Waals surface area contributed by atoms with Gasteiger partial charge in [-0.25, -0.2) is 4.79 Å². The summed E-state index contributed by atoms with van der Waals surface area (Å²) in [4.78, 5) is 12.8. The van der Waals surface area contributed by atoms with Crippen LogP contribution < -0.4 is 0 Å². The summed E-state index contributed by atoms with van der Waals surface area (Å²) >= 11 is 1.33. The van der Waals surface area contributed by atoms with Crippen LogP contribution in [0.1, 0.15) is 13.3 Å². The Morgan fingerprint density at radius 3 is 2.67 bits per heavy atom. The van der Waals surface area contributed by atoms with Gasteiger partial charge in [-0.3, -0.25) is 0 Å². The lowest BCUT2D eigenvalue weighted by atomic mass is 10.4. The average molecular weight is 222 g/mol. The van der Waals surface area contributed by atoms with Crippen LogP contribution >= 0.6 is 11.8 Å². The van der Waals surface area contributed by atoms with Gasteiger partial charge in [0.1, 0.15) is 0 Å². The number of thioether (sulfide) groups is 1. The van der Waals surface area contributed by atoms with Gasteiger partial charge in [0.05, 0.1) is 11.5 Å². The molecule has 0 aliphatic heterocycles. The van der Waals surface area contributed by atoms with Crippen LogP contribution in [-0.4, -0.2) is 12.6 Å². The molecule has 3 heteroatoms. The van der Waals surface area contributed by atoms with Crippen molar-refractivity contribution in [3.63, 3.8) is 0 Å². The van der Waals surface area contributed by atoms with E-state index in [0.717, 1.165) is 11.3 Å². The third-order valence-corrected chi connectivity index (χ3v) is 2.57. The summed E-state index contributed by atoms with van der Waals surface area (Å²) in [7, 11) is 0. The standard InChI is InChI=1S/C12H14O2S/c1-3-9-14-12(13)10(2)15-11-7-5-4-6-8-11/h4-8H,2-3,9H2,1H3. The second kappa shape index (κ2) is 6.30. The summed E-state index contributed by atoms with van der Waals surface area (Å²) in [5.41, 5.74) is 0. The fraction of sp³-hybridized carbons (Fsp3) is 0.250. The number of rotatable bonds is 5. The number of carbonyl (C=O) groups is 1. The van der Waals surface area contributed by atoms with Crippen LogP contribution in [0.15, 0.2) is 46.7 Å². The number of hydrogen-bond donors (Lipinski definition) is 0. The summed E-state index contributed by atoms with van der Waals surface area (Å²) in [6.07, 6.45) is 0.828. The van der Waals surface area contributed by atoms with E-state index < -0.39 is 0 Å². The highest BCUT2D eigenvalue weighted by molar-refractivity contribution is 8.04. The quantitative estimate of drug-likeness (QED) is 0.434. The number of hydrogen-bond acceptors (Lipinski definition) is 3. The fourth-order valence-corrected chi connectivity index (χ4v) is 1.67. The van der Waals surface area contributed by atoms with Gasteiger partial charge in [-0.05, 0) is 18.6 Å². The normalized spacial score (nSPS) is 9.67. The van der Waals surface area contributed by atoms with Gasteiger partial charge >= 0.3 is 5.97 Å². The minimum absolute atomic E-state index is 0.328. The van der Waals surface area contributed by atoms with Gasteiger partial charge in [0, 0.05) is 4.90 Å². The van der Waals surface area contributed by atoms with Crippen molar-refractivity contribution in [2.45, 2.75) is 18.2 Å².